The van der Waals surface area contributed by atoms with Crippen LogP contribution in [-0.2, 0) is 0 Å². The van der Waals surface area contributed by atoms with Crippen LogP contribution in [0.1, 0.15) is 20.8 Å². The van der Waals surface area contributed by atoms with Crippen LogP contribution >= 0.6 is 11.8 Å². The normalized spacial score (nSPS) is 11.4. The Kier molecular flexibility index (Phi) is 5.83. The zero-order chi connectivity index (χ0) is 21.2. The maximum Gasteiger partial charge on any atom is 0.320 e. The van der Waals surface area contributed by atoms with Gasteiger partial charge in [0.2, 0.25) is 0 Å². The molecule has 2 N–H and O–H groups in total. The second kappa shape index (κ2) is 8.16. The van der Waals surface area contributed by atoms with Gasteiger partial charge in [-0.3, -0.25) is 5.32 Å². The predicted octanol–water partition coefficient (Wildman–Crippen LogP) is 4.74. The Morgan fingerprint density at radius 2 is 1.90 bits per heavy atom. The number of nitrogens with one attached hydrogen (secondary N) is 2. The fourth-order valence-electron chi connectivity index (χ4n) is 2.35. The molecule has 10 heteroatoms. The van der Waals surface area contributed by atoms with Crippen molar-refractivity contribution in [1.29, 1.82) is 0 Å². The zero-order valence-corrected chi connectivity index (χ0v) is 17.0. The number of ether oxygens (including phenoxy) is 1. The van der Waals surface area contributed by atoms with E-state index in [0.717, 1.165) is 12.1 Å². The molecule has 0 unspecified atom stereocenters. The van der Waals surface area contributed by atoms with E-state index in [1.54, 1.807) is 6.20 Å². The summed E-state index contributed by atoms with van der Waals surface area (Å²) < 4.78 is 32.8. The van der Waals surface area contributed by atoms with Gasteiger partial charge < -0.3 is 10.1 Å². The summed E-state index contributed by atoms with van der Waals surface area (Å²) in [7, 11) is 0. The fourth-order valence-corrected chi connectivity index (χ4v) is 2.69. The van der Waals surface area contributed by atoms with Crippen LogP contribution in [0.3, 0.4) is 0 Å². The molecule has 152 valence electrons. The number of rotatable bonds is 4. The van der Waals surface area contributed by atoms with Crippen molar-refractivity contribution in [3.63, 3.8) is 0 Å². The van der Waals surface area contributed by atoms with Crippen molar-refractivity contribution in [2.75, 3.05) is 11.6 Å². The van der Waals surface area contributed by atoms with E-state index in [0.29, 0.717) is 22.3 Å². The van der Waals surface area contributed by atoms with Crippen molar-refractivity contribution in [2.24, 2.45) is 0 Å². The van der Waals surface area contributed by atoms with Gasteiger partial charge in [0.15, 0.2) is 33.9 Å². The number of nitrogens with zero attached hydrogens (tertiary/aromatic N) is 3. The Labute approximate surface area is 170 Å². The number of pyridine rings is 1. The molecule has 3 rings (SSSR count). The van der Waals surface area contributed by atoms with E-state index in [1.165, 1.54) is 17.8 Å². The molecule has 0 atom stereocenters. The molecular formula is C19H19F2N5O2S. The van der Waals surface area contributed by atoms with Crippen LogP contribution in [0.15, 0.2) is 35.6 Å². The lowest BCUT2D eigenvalue weighted by molar-refractivity contribution is 0.243. The molecule has 2 heterocycles. The van der Waals surface area contributed by atoms with Crippen LogP contribution in [0, 0.1) is 11.6 Å². The number of halogens is 2. The van der Waals surface area contributed by atoms with Crippen LogP contribution in [0.2, 0.25) is 0 Å². The topological polar surface area (TPSA) is 89.0 Å². The maximum absolute atomic E-state index is 14.1. The molecule has 29 heavy (non-hydrogen) atoms. The fraction of sp³-hybridized carbons (Fsp3) is 0.263. The highest BCUT2D eigenvalue weighted by molar-refractivity contribution is 7.98. The van der Waals surface area contributed by atoms with Crippen molar-refractivity contribution >= 4 is 34.6 Å². The van der Waals surface area contributed by atoms with Gasteiger partial charge in [0.25, 0.3) is 0 Å². The van der Waals surface area contributed by atoms with E-state index in [9.17, 15) is 13.6 Å². The number of hydrogen-bond donors (Lipinski definition) is 2. The first-order chi connectivity index (χ1) is 13.6. The lowest BCUT2D eigenvalue weighted by Gasteiger charge is -2.21. The lowest BCUT2D eigenvalue weighted by atomic mass is 10.1. The molecule has 0 bridgehead atoms. The number of fused-ring (bicyclic) bond motifs is 1. The molecule has 2 amide bonds. The van der Waals surface area contributed by atoms with Gasteiger partial charge in [0, 0.05) is 23.2 Å². The van der Waals surface area contributed by atoms with Crippen molar-refractivity contribution in [3.8, 4) is 11.5 Å². The van der Waals surface area contributed by atoms with Gasteiger partial charge in [-0.05, 0) is 45.2 Å². The Morgan fingerprint density at radius 3 is 2.55 bits per heavy atom. The molecule has 0 aliphatic heterocycles. The number of aromatic nitrogens is 3. The van der Waals surface area contributed by atoms with Gasteiger partial charge in [0.05, 0.1) is 0 Å². The van der Waals surface area contributed by atoms with Crippen molar-refractivity contribution in [3.05, 3.63) is 42.1 Å². The second-order valence-corrected chi connectivity index (χ2v) is 7.88. The summed E-state index contributed by atoms with van der Waals surface area (Å²) in [5.74, 6) is -1.73. The maximum atomic E-state index is 14.1. The summed E-state index contributed by atoms with van der Waals surface area (Å²) >= 11 is 1.34. The second-order valence-electron chi connectivity index (χ2n) is 7.11. The number of carbonyl (C=O) groups is 1. The van der Waals surface area contributed by atoms with Gasteiger partial charge in [-0.2, -0.15) is 0 Å². The molecule has 1 aromatic carbocycles. The van der Waals surface area contributed by atoms with Gasteiger partial charge in [0.1, 0.15) is 5.82 Å². The molecule has 0 fully saturated rings. The number of urea groups is 1. The predicted molar refractivity (Wildman–Crippen MR) is 107 cm³/mol. The summed E-state index contributed by atoms with van der Waals surface area (Å²) in [4.78, 5) is 25.1. The molecule has 0 aliphatic rings. The molecule has 0 saturated heterocycles. The van der Waals surface area contributed by atoms with Crippen LogP contribution in [-0.4, -0.2) is 32.8 Å². The number of carbonyl (C=O) groups excluding carboxylic acids is 1. The molecule has 2 aromatic heterocycles. The lowest BCUT2D eigenvalue weighted by Crippen LogP contribution is -2.43. The van der Waals surface area contributed by atoms with E-state index in [2.05, 4.69) is 25.6 Å². The molecular weight excluding hydrogens is 400 g/mol. The third kappa shape index (κ3) is 5.29. The van der Waals surface area contributed by atoms with E-state index < -0.39 is 23.2 Å². The van der Waals surface area contributed by atoms with Gasteiger partial charge in [-0.25, -0.2) is 28.5 Å². The Balaban J connectivity index is 2.03. The molecule has 0 radical (unpaired) electrons. The van der Waals surface area contributed by atoms with Gasteiger partial charge in [-0.1, -0.05) is 11.8 Å². The Bertz CT molecular complexity index is 1070. The summed E-state index contributed by atoms with van der Waals surface area (Å²) in [6, 6.07) is 3.94. The van der Waals surface area contributed by atoms with E-state index >= 15 is 0 Å². The average molecular weight is 419 g/mol. The minimum absolute atomic E-state index is 0.0359. The minimum Gasteiger partial charge on any atom is -0.450 e. The van der Waals surface area contributed by atoms with Gasteiger partial charge >= 0.3 is 6.03 Å². The van der Waals surface area contributed by atoms with E-state index in [1.807, 2.05) is 27.0 Å². The monoisotopic (exact) mass is 419 g/mol. The van der Waals surface area contributed by atoms with Crippen LogP contribution in [0.25, 0.3) is 11.0 Å². The van der Waals surface area contributed by atoms with Crippen LogP contribution in [0.5, 0.6) is 11.5 Å². The average Bonchev–Trinajstić information content (AvgIpc) is 2.62. The van der Waals surface area contributed by atoms with Crippen molar-refractivity contribution < 1.29 is 18.3 Å². The highest BCUT2D eigenvalue weighted by Gasteiger charge is 2.19. The molecule has 0 aliphatic carbocycles. The first-order valence-corrected chi connectivity index (χ1v) is 9.81. The molecule has 0 spiro atoms. The summed E-state index contributed by atoms with van der Waals surface area (Å²) in [6.07, 6.45) is 3.37. The molecule has 3 aromatic rings. The first kappa shape index (κ1) is 20.7. The Morgan fingerprint density at radius 1 is 1.14 bits per heavy atom. The largest absolute Gasteiger partial charge is 0.450 e. The number of anilines is 1. The third-order valence-electron chi connectivity index (χ3n) is 3.53. The smallest absolute Gasteiger partial charge is 0.320 e. The zero-order valence-electron chi connectivity index (χ0n) is 16.2. The van der Waals surface area contributed by atoms with E-state index in [4.69, 9.17) is 4.74 Å². The summed E-state index contributed by atoms with van der Waals surface area (Å²) in [5.41, 5.74) is -0.151. The number of amides is 2. The van der Waals surface area contributed by atoms with Crippen LogP contribution in [0.4, 0.5) is 19.4 Å². The standard InChI is InChI=1S/C19H19F2N5O2S/c1-19(2,3)26-17(27)24-16-14(28-13-6-5-11(20)8-12(13)21)7-10-9-22-18(29-4)25-15(10)23-16/h5-9H,1-4H3,(H2,22,23,24,25,26,27). The molecule has 7 nitrogen and oxygen atoms in total. The summed E-state index contributed by atoms with van der Waals surface area (Å²) in [6.45, 7) is 5.47. The van der Waals surface area contributed by atoms with Crippen molar-refractivity contribution in [1.82, 2.24) is 20.3 Å². The third-order valence-corrected chi connectivity index (χ3v) is 4.09. The Hall–Kier alpha value is -3.01. The highest BCUT2D eigenvalue weighted by atomic mass is 32.2. The summed E-state index contributed by atoms with van der Waals surface area (Å²) in [5, 5.41) is 6.38. The quantitative estimate of drug-likeness (QED) is 0.469. The van der Waals surface area contributed by atoms with Crippen LogP contribution < -0.4 is 15.4 Å². The van der Waals surface area contributed by atoms with Crippen molar-refractivity contribution in [2.45, 2.75) is 31.5 Å². The van der Waals surface area contributed by atoms with Gasteiger partial charge in [-0.15, -0.1) is 0 Å². The highest BCUT2D eigenvalue weighted by Crippen LogP contribution is 2.32. The first-order valence-electron chi connectivity index (χ1n) is 8.58. The number of hydrogen-bond acceptors (Lipinski definition) is 6. The number of benzene rings is 1. The van der Waals surface area contributed by atoms with E-state index in [-0.39, 0.29) is 17.3 Å². The molecule has 0 saturated carbocycles. The minimum atomic E-state index is -0.885. The number of thioether (sulfide) groups is 1. The SMILES string of the molecule is CSc1ncc2cc(Oc3ccc(F)cc3F)c(NC(=O)NC(C)(C)C)nc2n1.